The van der Waals surface area contributed by atoms with Gasteiger partial charge in [0.05, 0.1) is 6.21 Å². The predicted molar refractivity (Wildman–Crippen MR) is 104 cm³/mol. The number of benzene rings is 3. The van der Waals surface area contributed by atoms with E-state index in [9.17, 15) is 4.79 Å². The van der Waals surface area contributed by atoms with Crippen LogP contribution >= 0.6 is 11.6 Å². The van der Waals surface area contributed by atoms with Crippen molar-refractivity contribution in [3.05, 3.63) is 77.3 Å². The molecule has 126 valence electrons. The maximum atomic E-state index is 12.1. The van der Waals surface area contributed by atoms with E-state index in [1.165, 1.54) is 0 Å². The quantitative estimate of drug-likeness (QED) is 0.527. The fourth-order valence-electron chi connectivity index (χ4n) is 2.41. The average molecular weight is 352 g/mol. The van der Waals surface area contributed by atoms with Gasteiger partial charge in [0.2, 0.25) is 0 Å². The molecule has 0 aromatic heterocycles. The standard InChI is InChI=1S/C20H18ClN3O/c1-14(20(25)24-22-13-15-6-9-18(21)10-7-15)23-19-11-8-16-4-2-3-5-17(16)12-19/h2-14,23H,1H3,(H,24,25)/b22-13-/t14-/m0/s1. The third-order valence-electron chi connectivity index (χ3n) is 3.78. The first-order valence-electron chi connectivity index (χ1n) is 7.96. The highest BCUT2D eigenvalue weighted by atomic mass is 35.5. The molecule has 0 unspecified atom stereocenters. The maximum Gasteiger partial charge on any atom is 0.262 e. The molecule has 0 saturated heterocycles. The molecule has 5 heteroatoms. The Morgan fingerprint density at radius 3 is 2.52 bits per heavy atom. The molecule has 0 radical (unpaired) electrons. The zero-order chi connectivity index (χ0) is 17.6. The monoisotopic (exact) mass is 351 g/mol. The van der Waals surface area contributed by atoms with Crippen molar-refractivity contribution in [3.8, 4) is 0 Å². The second-order valence-electron chi connectivity index (χ2n) is 5.71. The van der Waals surface area contributed by atoms with Crippen LogP contribution in [0.2, 0.25) is 5.02 Å². The van der Waals surface area contributed by atoms with E-state index >= 15 is 0 Å². The molecule has 3 aromatic carbocycles. The van der Waals surface area contributed by atoms with Crippen LogP contribution in [-0.2, 0) is 4.79 Å². The van der Waals surface area contributed by atoms with Gasteiger partial charge in [0.15, 0.2) is 0 Å². The highest BCUT2D eigenvalue weighted by Crippen LogP contribution is 2.19. The molecule has 0 saturated carbocycles. The van der Waals surface area contributed by atoms with Crippen LogP contribution in [0.5, 0.6) is 0 Å². The Labute approximate surface area is 151 Å². The van der Waals surface area contributed by atoms with Crippen molar-refractivity contribution in [3.63, 3.8) is 0 Å². The number of amides is 1. The third kappa shape index (κ3) is 4.58. The second-order valence-corrected chi connectivity index (χ2v) is 6.15. The number of nitrogens with one attached hydrogen (secondary N) is 2. The van der Waals surface area contributed by atoms with Crippen LogP contribution < -0.4 is 10.7 Å². The Morgan fingerprint density at radius 2 is 1.76 bits per heavy atom. The van der Waals surface area contributed by atoms with Gasteiger partial charge in [-0.15, -0.1) is 0 Å². The second kappa shape index (κ2) is 7.81. The lowest BCUT2D eigenvalue weighted by Crippen LogP contribution is -2.34. The van der Waals surface area contributed by atoms with Gasteiger partial charge in [-0.3, -0.25) is 4.79 Å². The number of hydrazone groups is 1. The van der Waals surface area contributed by atoms with E-state index in [0.717, 1.165) is 22.0 Å². The lowest BCUT2D eigenvalue weighted by Gasteiger charge is -2.14. The summed E-state index contributed by atoms with van der Waals surface area (Å²) >= 11 is 5.83. The number of anilines is 1. The fraction of sp³-hybridized carbons (Fsp3) is 0.100. The molecule has 0 aliphatic carbocycles. The predicted octanol–water partition coefficient (Wildman–Crippen LogP) is 4.44. The summed E-state index contributed by atoms with van der Waals surface area (Å²) in [6.45, 7) is 1.79. The minimum Gasteiger partial charge on any atom is -0.374 e. The number of carbonyl (C=O) groups excluding carboxylic acids is 1. The molecule has 0 aliphatic heterocycles. The molecule has 2 N–H and O–H groups in total. The summed E-state index contributed by atoms with van der Waals surface area (Å²) in [5.41, 5.74) is 4.29. The SMILES string of the molecule is C[C@H](Nc1ccc2ccccc2c1)C(=O)N/N=C\c1ccc(Cl)cc1. The molecule has 1 atom stereocenters. The van der Waals surface area contributed by atoms with Gasteiger partial charge in [0, 0.05) is 10.7 Å². The van der Waals surface area contributed by atoms with Gasteiger partial charge in [-0.25, -0.2) is 5.43 Å². The summed E-state index contributed by atoms with van der Waals surface area (Å²) in [5, 5.41) is 10.1. The first-order chi connectivity index (χ1) is 12.1. The normalized spacial score (nSPS) is 12.2. The molecule has 0 bridgehead atoms. The topological polar surface area (TPSA) is 53.5 Å². The van der Waals surface area contributed by atoms with Crippen molar-refractivity contribution in [2.24, 2.45) is 5.10 Å². The molecule has 0 spiro atoms. The number of carbonyl (C=O) groups is 1. The number of hydrogen-bond acceptors (Lipinski definition) is 3. The summed E-state index contributed by atoms with van der Waals surface area (Å²) in [5.74, 6) is -0.210. The van der Waals surface area contributed by atoms with E-state index in [1.54, 1.807) is 25.3 Å². The van der Waals surface area contributed by atoms with Crippen molar-refractivity contribution < 1.29 is 4.79 Å². The van der Waals surface area contributed by atoms with E-state index in [0.29, 0.717) is 5.02 Å². The lowest BCUT2D eigenvalue weighted by molar-refractivity contribution is -0.121. The molecule has 25 heavy (non-hydrogen) atoms. The molecule has 3 aromatic rings. The zero-order valence-electron chi connectivity index (χ0n) is 13.7. The van der Waals surface area contributed by atoms with Crippen LogP contribution in [-0.4, -0.2) is 18.2 Å². The van der Waals surface area contributed by atoms with E-state index in [-0.39, 0.29) is 5.91 Å². The van der Waals surface area contributed by atoms with Gasteiger partial charge in [0.25, 0.3) is 5.91 Å². The van der Waals surface area contributed by atoms with Gasteiger partial charge in [-0.2, -0.15) is 5.10 Å². The van der Waals surface area contributed by atoms with E-state index < -0.39 is 6.04 Å². The maximum absolute atomic E-state index is 12.1. The van der Waals surface area contributed by atoms with Crippen molar-refractivity contribution in [2.45, 2.75) is 13.0 Å². The van der Waals surface area contributed by atoms with Gasteiger partial charge < -0.3 is 5.32 Å². The minimum atomic E-state index is -0.413. The summed E-state index contributed by atoms with van der Waals surface area (Å²) in [6, 6.07) is 20.9. The highest BCUT2D eigenvalue weighted by Gasteiger charge is 2.11. The third-order valence-corrected chi connectivity index (χ3v) is 4.04. The first kappa shape index (κ1) is 17.0. The molecule has 0 heterocycles. The van der Waals surface area contributed by atoms with Crippen LogP contribution in [0.3, 0.4) is 0 Å². The Balaban J connectivity index is 1.58. The van der Waals surface area contributed by atoms with Crippen molar-refractivity contribution in [1.29, 1.82) is 0 Å². The van der Waals surface area contributed by atoms with Crippen LogP contribution in [0.1, 0.15) is 12.5 Å². The average Bonchev–Trinajstić information content (AvgIpc) is 2.63. The highest BCUT2D eigenvalue weighted by molar-refractivity contribution is 6.30. The minimum absolute atomic E-state index is 0.210. The van der Waals surface area contributed by atoms with Crippen LogP contribution in [0.15, 0.2) is 71.8 Å². The van der Waals surface area contributed by atoms with Gasteiger partial charge in [-0.05, 0) is 47.5 Å². The van der Waals surface area contributed by atoms with Crippen LogP contribution in [0.4, 0.5) is 5.69 Å². The zero-order valence-corrected chi connectivity index (χ0v) is 14.5. The number of rotatable bonds is 5. The molecule has 0 fully saturated rings. The van der Waals surface area contributed by atoms with Gasteiger partial charge in [-0.1, -0.05) is 54.1 Å². The molecular weight excluding hydrogens is 334 g/mol. The largest absolute Gasteiger partial charge is 0.374 e. The smallest absolute Gasteiger partial charge is 0.262 e. The Hall–Kier alpha value is -2.85. The molecule has 3 rings (SSSR count). The summed E-state index contributed by atoms with van der Waals surface area (Å²) < 4.78 is 0. The first-order valence-corrected chi connectivity index (χ1v) is 8.33. The van der Waals surface area contributed by atoms with E-state index in [1.807, 2.05) is 48.5 Å². The number of hydrogen-bond donors (Lipinski definition) is 2. The fourth-order valence-corrected chi connectivity index (χ4v) is 2.54. The van der Waals surface area contributed by atoms with Gasteiger partial charge >= 0.3 is 0 Å². The number of halogens is 1. The molecule has 4 nitrogen and oxygen atoms in total. The number of fused-ring (bicyclic) bond motifs is 1. The molecule has 0 aliphatic rings. The van der Waals surface area contributed by atoms with E-state index in [2.05, 4.69) is 21.9 Å². The Kier molecular flexibility index (Phi) is 5.31. The van der Waals surface area contributed by atoms with Crippen molar-refractivity contribution in [2.75, 3.05) is 5.32 Å². The summed E-state index contributed by atoms with van der Waals surface area (Å²) in [7, 11) is 0. The summed E-state index contributed by atoms with van der Waals surface area (Å²) in [4.78, 5) is 12.1. The molecule has 1 amide bonds. The van der Waals surface area contributed by atoms with Crippen molar-refractivity contribution >= 4 is 40.2 Å². The van der Waals surface area contributed by atoms with Gasteiger partial charge in [0.1, 0.15) is 6.04 Å². The number of nitrogens with zero attached hydrogens (tertiary/aromatic N) is 1. The van der Waals surface area contributed by atoms with E-state index in [4.69, 9.17) is 11.6 Å². The van der Waals surface area contributed by atoms with Crippen LogP contribution in [0.25, 0.3) is 10.8 Å². The molecular formula is C20H18ClN3O. The Morgan fingerprint density at radius 1 is 1.04 bits per heavy atom. The lowest BCUT2D eigenvalue weighted by atomic mass is 10.1. The van der Waals surface area contributed by atoms with Crippen molar-refractivity contribution in [1.82, 2.24) is 5.43 Å². The Bertz CT molecular complexity index is 906. The van der Waals surface area contributed by atoms with Crippen LogP contribution in [0, 0.1) is 0 Å². The summed E-state index contributed by atoms with van der Waals surface area (Å²) in [6.07, 6.45) is 1.58.